The van der Waals surface area contributed by atoms with Gasteiger partial charge in [0.05, 0.1) is 13.7 Å². The second kappa shape index (κ2) is 9.66. The molecule has 5 heteroatoms. The molecule has 0 saturated heterocycles. The van der Waals surface area contributed by atoms with Gasteiger partial charge in [-0.2, -0.15) is 0 Å². The number of rotatable bonds is 9. The molecule has 2 aromatic rings. The van der Waals surface area contributed by atoms with Gasteiger partial charge in [-0.05, 0) is 36.1 Å². The first-order valence-corrected chi connectivity index (χ1v) is 8.84. The molecule has 2 aromatic carbocycles. The number of aliphatic hydroxyl groups excluding tert-OH is 1. The van der Waals surface area contributed by atoms with Gasteiger partial charge in [-0.1, -0.05) is 42.8 Å². The Morgan fingerprint density at radius 2 is 1.92 bits per heavy atom. The Morgan fingerprint density at radius 1 is 1.16 bits per heavy atom. The van der Waals surface area contributed by atoms with E-state index < -0.39 is 0 Å². The molecule has 136 valence electrons. The average molecular weight is 364 g/mol. The summed E-state index contributed by atoms with van der Waals surface area (Å²) in [6.45, 7) is 5.20. The zero-order chi connectivity index (χ0) is 18.2. The Balaban J connectivity index is 2.11. The second-order valence-electron chi connectivity index (χ2n) is 5.98. The number of hydrogen-bond donors (Lipinski definition) is 2. The van der Waals surface area contributed by atoms with Crippen molar-refractivity contribution in [3.05, 3.63) is 58.1 Å². The van der Waals surface area contributed by atoms with Crippen molar-refractivity contribution in [2.75, 3.05) is 13.7 Å². The number of aryl methyl sites for hydroxylation is 1. The maximum absolute atomic E-state index is 9.28. The van der Waals surface area contributed by atoms with Crippen LogP contribution in [-0.2, 0) is 13.2 Å². The molecule has 0 spiro atoms. The monoisotopic (exact) mass is 363 g/mol. The Kier molecular flexibility index (Phi) is 7.56. The molecular weight excluding hydrogens is 338 g/mol. The first-order valence-electron chi connectivity index (χ1n) is 8.47. The van der Waals surface area contributed by atoms with Gasteiger partial charge in [0, 0.05) is 23.7 Å². The van der Waals surface area contributed by atoms with Crippen molar-refractivity contribution in [3.8, 4) is 11.5 Å². The van der Waals surface area contributed by atoms with E-state index in [2.05, 4.69) is 18.3 Å². The lowest BCUT2D eigenvalue weighted by molar-refractivity contribution is 0.238. The van der Waals surface area contributed by atoms with E-state index in [1.54, 1.807) is 13.2 Å². The van der Waals surface area contributed by atoms with Crippen LogP contribution >= 0.6 is 11.6 Å². The second-order valence-corrected chi connectivity index (χ2v) is 6.39. The summed E-state index contributed by atoms with van der Waals surface area (Å²) in [5.41, 5.74) is 3.22. The van der Waals surface area contributed by atoms with Crippen molar-refractivity contribution in [2.45, 2.75) is 39.5 Å². The molecule has 0 aliphatic heterocycles. The standard InChI is InChI=1S/C20H26ClNO3/c1-4-17(12-23)22-11-16-9-19(24-3)20(10-18(16)21)25-13-15-8-6-5-7-14(15)2/h5-10,17,22-23H,4,11-13H2,1-3H3. The first kappa shape index (κ1) is 19.6. The zero-order valence-electron chi connectivity index (χ0n) is 15.0. The number of halogens is 1. The number of methoxy groups -OCH3 is 1. The number of aliphatic hydroxyl groups is 1. The van der Waals surface area contributed by atoms with Crippen molar-refractivity contribution < 1.29 is 14.6 Å². The molecule has 0 amide bonds. The van der Waals surface area contributed by atoms with Crippen molar-refractivity contribution in [2.24, 2.45) is 0 Å². The predicted octanol–water partition coefficient (Wildman–Crippen LogP) is 4.10. The minimum atomic E-state index is 0.0547. The van der Waals surface area contributed by atoms with E-state index in [1.807, 2.05) is 31.2 Å². The molecular formula is C20H26ClNO3. The molecule has 0 heterocycles. The third-order valence-electron chi connectivity index (χ3n) is 4.27. The quantitative estimate of drug-likeness (QED) is 0.704. The van der Waals surface area contributed by atoms with Crippen molar-refractivity contribution in [3.63, 3.8) is 0 Å². The molecule has 0 saturated carbocycles. The highest BCUT2D eigenvalue weighted by Crippen LogP contribution is 2.34. The van der Waals surface area contributed by atoms with Gasteiger partial charge in [0.2, 0.25) is 0 Å². The fraction of sp³-hybridized carbons (Fsp3) is 0.400. The summed E-state index contributed by atoms with van der Waals surface area (Å²) in [5.74, 6) is 1.26. The molecule has 0 aliphatic rings. The van der Waals surface area contributed by atoms with Crippen LogP contribution in [0.25, 0.3) is 0 Å². The average Bonchev–Trinajstić information content (AvgIpc) is 2.63. The Bertz CT molecular complexity index is 687. The topological polar surface area (TPSA) is 50.7 Å². The van der Waals surface area contributed by atoms with Crippen LogP contribution in [0.3, 0.4) is 0 Å². The predicted molar refractivity (Wildman–Crippen MR) is 102 cm³/mol. The van der Waals surface area contributed by atoms with Gasteiger partial charge in [0.15, 0.2) is 11.5 Å². The van der Waals surface area contributed by atoms with E-state index in [4.69, 9.17) is 21.1 Å². The third kappa shape index (κ3) is 5.36. The first-order chi connectivity index (χ1) is 12.1. The Labute approximate surface area is 154 Å². The molecule has 0 aromatic heterocycles. The van der Waals surface area contributed by atoms with Crippen LogP contribution in [0.4, 0.5) is 0 Å². The fourth-order valence-corrected chi connectivity index (χ4v) is 2.73. The van der Waals surface area contributed by atoms with E-state index >= 15 is 0 Å². The maximum atomic E-state index is 9.28. The maximum Gasteiger partial charge on any atom is 0.163 e. The van der Waals surface area contributed by atoms with Gasteiger partial charge in [-0.25, -0.2) is 0 Å². The molecule has 0 aliphatic carbocycles. The fourth-order valence-electron chi connectivity index (χ4n) is 2.50. The van der Waals surface area contributed by atoms with E-state index in [1.165, 1.54) is 5.56 Å². The summed E-state index contributed by atoms with van der Waals surface area (Å²) in [5, 5.41) is 13.2. The lowest BCUT2D eigenvalue weighted by Crippen LogP contribution is -2.31. The summed E-state index contributed by atoms with van der Waals surface area (Å²) < 4.78 is 11.4. The van der Waals surface area contributed by atoms with Gasteiger partial charge in [0.1, 0.15) is 6.61 Å². The highest BCUT2D eigenvalue weighted by Gasteiger charge is 2.13. The lowest BCUT2D eigenvalue weighted by atomic mass is 10.1. The molecule has 0 bridgehead atoms. The summed E-state index contributed by atoms with van der Waals surface area (Å²) >= 11 is 6.40. The molecule has 1 atom stereocenters. The zero-order valence-corrected chi connectivity index (χ0v) is 15.8. The summed E-state index contributed by atoms with van der Waals surface area (Å²) in [7, 11) is 1.61. The van der Waals surface area contributed by atoms with Gasteiger partial charge in [-0.15, -0.1) is 0 Å². The van der Waals surface area contributed by atoms with Crippen LogP contribution in [0, 0.1) is 6.92 Å². The molecule has 0 radical (unpaired) electrons. The summed E-state index contributed by atoms with van der Waals surface area (Å²) in [6, 6.07) is 11.8. The highest BCUT2D eigenvalue weighted by atomic mass is 35.5. The van der Waals surface area contributed by atoms with Crippen LogP contribution in [-0.4, -0.2) is 24.9 Å². The Hall–Kier alpha value is -1.75. The van der Waals surface area contributed by atoms with Crippen molar-refractivity contribution >= 4 is 11.6 Å². The van der Waals surface area contributed by atoms with Crippen molar-refractivity contribution in [1.82, 2.24) is 5.32 Å². The van der Waals surface area contributed by atoms with Gasteiger partial charge >= 0.3 is 0 Å². The minimum absolute atomic E-state index is 0.0547. The number of hydrogen-bond acceptors (Lipinski definition) is 4. The van der Waals surface area contributed by atoms with E-state index in [-0.39, 0.29) is 12.6 Å². The lowest BCUT2D eigenvalue weighted by Gasteiger charge is -2.17. The number of ether oxygens (including phenoxy) is 2. The molecule has 2 rings (SSSR count). The van der Waals surface area contributed by atoms with Gasteiger partial charge in [-0.3, -0.25) is 0 Å². The highest BCUT2D eigenvalue weighted by molar-refractivity contribution is 6.31. The van der Waals surface area contributed by atoms with Crippen LogP contribution in [0.2, 0.25) is 5.02 Å². The van der Waals surface area contributed by atoms with Crippen LogP contribution in [0.5, 0.6) is 11.5 Å². The smallest absolute Gasteiger partial charge is 0.163 e. The van der Waals surface area contributed by atoms with Crippen LogP contribution < -0.4 is 14.8 Å². The van der Waals surface area contributed by atoms with Gasteiger partial charge < -0.3 is 19.9 Å². The van der Waals surface area contributed by atoms with E-state index in [0.29, 0.717) is 29.7 Å². The molecule has 2 N–H and O–H groups in total. The van der Waals surface area contributed by atoms with Crippen LogP contribution in [0.15, 0.2) is 36.4 Å². The SMILES string of the molecule is CCC(CO)NCc1cc(OC)c(OCc2ccccc2C)cc1Cl. The Morgan fingerprint density at radius 3 is 2.56 bits per heavy atom. The van der Waals surface area contributed by atoms with E-state index in [0.717, 1.165) is 17.5 Å². The largest absolute Gasteiger partial charge is 0.493 e. The summed E-state index contributed by atoms with van der Waals surface area (Å²) in [6.07, 6.45) is 0.850. The normalized spacial score (nSPS) is 12.0. The number of benzene rings is 2. The van der Waals surface area contributed by atoms with Gasteiger partial charge in [0.25, 0.3) is 0 Å². The van der Waals surface area contributed by atoms with Crippen molar-refractivity contribution in [1.29, 1.82) is 0 Å². The number of nitrogens with one attached hydrogen (secondary N) is 1. The minimum Gasteiger partial charge on any atom is -0.493 e. The van der Waals surface area contributed by atoms with E-state index in [9.17, 15) is 5.11 Å². The van der Waals surface area contributed by atoms with Crippen LogP contribution in [0.1, 0.15) is 30.0 Å². The molecule has 0 fully saturated rings. The third-order valence-corrected chi connectivity index (χ3v) is 4.62. The molecule has 25 heavy (non-hydrogen) atoms. The summed E-state index contributed by atoms with van der Waals surface area (Å²) in [4.78, 5) is 0. The molecule has 4 nitrogen and oxygen atoms in total. The molecule has 1 unspecified atom stereocenters.